The van der Waals surface area contributed by atoms with Gasteiger partial charge in [-0.1, -0.05) is 19.1 Å². The molecule has 0 bridgehead atoms. The summed E-state index contributed by atoms with van der Waals surface area (Å²) < 4.78 is 5.24. The number of methoxy groups -OCH3 is 1. The molecule has 0 aliphatic heterocycles. The smallest absolute Gasteiger partial charge is 0.162 e. The van der Waals surface area contributed by atoms with E-state index >= 15 is 0 Å². The molecule has 0 unspecified atom stereocenters. The number of carbonyl (C=O) groups is 1. The molecule has 0 spiro atoms. The van der Waals surface area contributed by atoms with Crippen LogP contribution in [-0.4, -0.2) is 19.9 Å². The molecule has 3 nitrogen and oxygen atoms in total. The molecule has 2 aromatic carbocycles. The number of ether oxygens (including phenoxy) is 1. The zero-order valence-electron chi connectivity index (χ0n) is 12.8. The minimum atomic E-state index is 0.178. The zero-order valence-corrected chi connectivity index (χ0v) is 12.8. The highest BCUT2D eigenvalue weighted by atomic mass is 16.5. The van der Waals surface area contributed by atoms with Gasteiger partial charge in [-0.15, -0.1) is 0 Å². The van der Waals surface area contributed by atoms with E-state index in [1.165, 1.54) is 5.56 Å². The van der Waals surface area contributed by atoms with Crippen LogP contribution in [0.3, 0.4) is 0 Å². The Bertz CT molecular complexity index is 605. The maximum Gasteiger partial charge on any atom is 0.162 e. The van der Waals surface area contributed by atoms with Crippen LogP contribution in [0.15, 0.2) is 48.5 Å². The van der Waals surface area contributed by atoms with E-state index in [9.17, 15) is 4.79 Å². The van der Waals surface area contributed by atoms with Crippen molar-refractivity contribution in [3.05, 3.63) is 59.7 Å². The Labute approximate surface area is 126 Å². The molecule has 0 atom stereocenters. The third kappa shape index (κ3) is 3.85. The molecular formula is C18H21NO2. The van der Waals surface area contributed by atoms with Crippen LogP contribution in [0.5, 0.6) is 5.75 Å². The SMILES string of the molecule is CCC(=O)c1ccc(N(C)Cc2cccc(OC)c2)cc1. The lowest BCUT2D eigenvalue weighted by atomic mass is 10.1. The van der Waals surface area contributed by atoms with Crippen molar-refractivity contribution in [3.63, 3.8) is 0 Å². The topological polar surface area (TPSA) is 29.5 Å². The Morgan fingerprint density at radius 1 is 1.14 bits per heavy atom. The number of nitrogens with zero attached hydrogens (tertiary/aromatic N) is 1. The van der Waals surface area contributed by atoms with Gasteiger partial charge in [-0.05, 0) is 42.0 Å². The monoisotopic (exact) mass is 283 g/mol. The molecule has 2 aromatic rings. The van der Waals surface area contributed by atoms with Gasteiger partial charge in [0.15, 0.2) is 5.78 Å². The number of hydrogen-bond acceptors (Lipinski definition) is 3. The summed E-state index contributed by atoms with van der Waals surface area (Å²) in [5.41, 5.74) is 3.05. The van der Waals surface area contributed by atoms with Crippen LogP contribution in [0.4, 0.5) is 5.69 Å². The largest absolute Gasteiger partial charge is 0.497 e. The van der Waals surface area contributed by atoms with E-state index in [0.717, 1.165) is 23.5 Å². The maximum atomic E-state index is 11.6. The third-order valence-corrected chi connectivity index (χ3v) is 3.51. The van der Waals surface area contributed by atoms with Gasteiger partial charge < -0.3 is 9.64 Å². The summed E-state index contributed by atoms with van der Waals surface area (Å²) in [5, 5.41) is 0. The number of Topliss-reactive ketones (excluding diaryl/α,β-unsaturated/α-hetero) is 1. The molecule has 0 fully saturated rings. The van der Waals surface area contributed by atoms with Gasteiger partial charge in [-0.2, -0.15) is 0 Å². The van der Waals surface area contributed by atoms with Crippen molar-refractivity contribution in [3.8, 4) is 5.75 Å². The zero-order chi connectivity index (χ0) is 15.2. The van der Waals surface area contributed by atoms with Gasteiger partial charge in [0.25, 0.3) is 0 Å². The average molecular weight is 283 g/mol. The molecular weight excluding hydrogens is 262 g/mol. The van der Waals surface area contributed by atoms with E-state index in [2.05, 4.69) is 11.0 Å². The minimum absolute atomic E-state index is 0.178. The molecule has 0 aromatic heterocycles. The van der Waals surface area contributed by atoms with Crippen LogP contribution in [0.1, 0.15) is 29.3 Å². The Morgan fingerprint density at radius 3 is 2.48 bits per heavy atom. The van der Waals surface area contributed by atoms with Crippen molar-refractivity contribution in [2.75, 3.05) is 19.1 Å². The minimum Gasteiger partial charge on any atom is -0.497 e. The van der Waals surface area contributed by atoms with Crippen LogP contribution in [-0.2, 0) is 6.54 Å². The van der Waals surface area contributed by atoms with E-state index in [0.29, 0.717) is 6.42 Å². The quantitative estimate of drug-likeness (QED) is 0.752. The number of rotatable bonds is 6. The van der Waals surface area contributed by atoms with Gasteiger partial charge in [0.05, 0.1) is 7.11 Å². The van der Waals surface area contributed by atoms with Gasteiger partial charge >= 0.3 is 0 Å². The summed E-state index contributed by atoms with van der Waals surface area (Å²) in [6, 6.07) is 15.8. The summed E-state index contributed by atoms with van der Waals surface area (Å²) in [6.07, 6.45) is 0.541. The molecule has 0 amide bonds. The second kappa shape index (κ2) is 6.93. The standard InChI is InChI=1S/C18H21NO2/c1-4-18(20)15-8-10-16(11-9-15)19(2)13-14-6-5-7-17(12-14)21-3/h5-12H,4,13H2,1-3H3. The molecule has 0 aliphatic carbocycles. The molecule has 0 saturated heterocycles. The molecule has 0 heterocycles. The van der Waals surface area contributed by atoms with Crippen LogP contribution >= 0.6 is 0 Å². The normalized spacial score (nSPS) is 10.2. The van der Waals surface area contributed by atoms with Crippen molar-refractivity contribution in [1.29, 1.82) is 0 Å². The number of ketones is 1. The first-order valence-electron chi connectivity index (χ1n) is 7.11. The number of carbonyl (C=O) groups excluding carboxylic acids is 1. The first-order valence-corrected chi connectivity index (χ1v) is 7.11. The summed E-state index contributed by atoms with van der Waals surface area (Å²) >= 11 is 0. The summed E-state index contributed by atoms with van der Waals surface area (Å²) in [5.74, 6) is 1.04. The van der Waals surface area contributed by atoms with Crippen molar-refractivity contribution < 1.29 is 9.53 Å². The summed E-state index contributed by atoms with van der Waals surface area (Å²) in [7, 11) is 3.71. The first kappa shape index (κ1) is 15.1. The highest BCUT2D eigenvalue weighted by molar-refractivity contribution is 5.96. The van der Waals surface area contributed by atoms with Crippen LogP contribution in [0.2, 0.25) is 0 Å². The van der Waals surface area contributed by atoms with E-state index < -0.39 is 0 Å². The lowest BCUT2D eigenvalue weighted by molar-refractivity contribution is 0.0988. The van der Waals surface area contributed by atoms with Gasteiger partial charge in [-0.25, -0.2) is 0 Å². The molecule has 21 heavy (non-hydrogen) atoms. The molecule has 110 valence electrons. The van der Waals surface area contributed by atoms with Crippen LogP contribution in [0.25, 0.3) is 0 Å². The molecule has 3 heteroatoms. The van der Waals surface area contributed by atoms with Crippen LogP contribution < -0.4 is 9.64 Å². The fourth-order valence-corrected chi connectivity index (χ4v) is 2.24. The summed E-state index contributed by atoms with van der Waals surface area (Å²) in [6.45, 7) is 2.67. The highest BCUT2D eigenvalue weighted by Gasteiger charge is 2.06. The lowest BCUT2D eigenvalue weighted by Crippen LogP contribution is -2.16. The molecule has 0 N–H and O–H groups in total. The first-order chi connectivity index (χ1) is 10.1. The van der Waals surface area contributed by atoms with Gasteiger partial charge in [0.2, 0.25) is 0 Å². The molecule has 2 rings (SSSR count). The second-order valence-electron chi connectivity index (χ2n) is 5.03. The fraction of sp³-hybridized carbons (Fsp3) is 0.278. The summed E-state index contributed by atoms with van der Waals surface area (Å²) in [4.78, 5) is 13.8. The van der Waals surface area contributed by atoms with Gasteiger partial charge in [0, 0.05) is 31.3 Å². The van der Waals surface area contributed by atoms with E-state index in [4.69, 9.17) is 4.74 Å². The second-order valence-corrected chi connectivity index (χ2v) is 5.03. The van der Waals surface area contributed by atoms with Crippen molar-refractivity contribution >= 4 is 11.5 Å². The number of hydrogen-bond donors (Lipinski definition) is 0. The lowest BCUT2D eigenvalue weighted by Gasteiger charge is -2.20. The van der Waals surface area contributed by atoms with Crippen LogP contribution in [0, 0.1) is 0 Å². The average Bonchev–Trinajstić information content (AvgIpc) is 2.54. The highest BCUT2D eigenvalue weighted by Crippen LogP contribution is 2.19. The number of anilines is 1. The number of benzene rings is 2. The van der Waals surface area contributed by atoms with Gasteiger partial charge in [0.1, 0.15) is 5.75 Å². The molecule has 0 saturated carbocycles. The van der Waals surface area contributed by atoms with Gasteiger partial charge in [-0.3, -0.25) is 4.79 Å². The Hall–Kier alpha value is -2.29. The molecule has 0 aliphatic rings. The van der Waals surface area contributed by atoms with Crippen molar-refractivity contribution in [2.24, 2.45) is 0 Å². The predicted molar refractivity (Wildman–Crippen MR) is 86.2 cm³/mol. The Morgan fingerprint density at radius 2 is 1.86 bits per heavy atom. The maximum absolute atomic E-state index is 11.6. The van der Waals surface area contributed by atoms with E-state index in [1.54, 1.807) is 7.11 Å². The Balaban J connectivity index is 2.09. The Kier molecular flexibility index (Phi) is 4.99. The fourth-order valence-electron chi connectivity index (χ4n) is 2.24. The van der Waals surface area contributed by atoms with E-state index in [1.807, 2.05) is 56.4 Å². The predicted octanol–water partition coefficient (Wildman–Crippen LogP) is 3.92. The van der Waals surface area contributed by atoms with Crippen molar-refractivity contribution in [1.82, 2.24) is 0 Å². The molecule has 0 radical (unpaired) electrons. The van der Waals surface area contributed by atoms with E-state index in [-0.39, 0.29) is 5.78 Å². The third-order valence-electron chi connectivity index (χ3n) is 3.51. The van der Waals surface area contributed by atoms with Crippen molar-refractivity contribution in [2.45, 2.75) is 19.9 Å².